The molecule has 3 nitrogen and oxygen atoms in total. The number of nitrogens with one attached hydrogen (secondary N) is 1. The van der Waals surface area contributed by atoms with Gasteiger partial charge < -0.3 is 10.2 Å². The standard InChI is InChI=1S/C18H23N3/c1-3-16-13-21(17-10-7-11-19-14(17)2)18(12-20-16)15-8-5-4-6-9-15/h4-11,16,18,20H,3,12-13H2,1-2H3. The first kappa shape index (κ1) is 14.1. The Morgan fingerprint density at radius 3 is 2.71 bits per heavy atom. The number of anilines is 1. The maximum absolute atomic E-state index is 4.47. The number of rotatable bonds is 3. The number of nitrogens with zero attached hydrogens (tertiary/aromatic N) is 2. The minimum Gasteiger partial charge on any atom is -0.360 e. The molecule has 1 aromatic heterocycles. The maximum atomic E-state index is 4.47. The lowest BCUT2D eigenvalue weighted by atomic mass is 9.99. The average Bonchev–Trinajstić information content (AvgIpc) is 2.55. The van der Waals surface area contributed by atoms with Gasteiger partial charge in [0.1, 0.15) is 0 Å². The van der Waals surface area contributed by atoms with E-state index in [2.05, 4.69) is 65.4 Å². The van der Waals surface area contributed by atoms with Crippen molar-refractivity contribution in [1.82, 2.24) is 10.3 Å². The molecule has 2 heterocycles. The molecule has 2 aromatic rings. The Morgan fingerprint density at radius 1 is 1.19 bits per heavy atom. The van der Waals surface area contributed by atoms with E-state index in [-0.39, 0.29) is 0 Å². The van der Waals surface area contributed by atoms with E-state index in [0.29, 0.717) is 12.1 Å². The summed E-state index contributed by atoms with van der Waals surface area (Å²) in [5.41, 5.74) is 3.73. The van der Waals surface area contributed by atoms with E-state index in [0.717, 1.165) is 25.2 Å². The predicted molar refractivity (Wildman–Crippen MR) is 87.6 cm³/mol. The number of pyridine rings is 1. The summed E-state index contributed by atoms with van der Waals surface area (Å²) in [5, 5.41) is 3.67. The van der Waals surface area contributed by atoms with Crippen molar-refractivity contribution >= 4 is 5.69 Å². The highest BCUT2D eigenvalue weighted by atomic mass is 15.2. The molecule has 0 saturated carbocycles. The Morgan fingerprint density at radius 2 is 2.00 bits per heavy atom. The summed E-state index contributed by atoms with van der Waals surface area (Å²) in [6, 6.07) is 15.9. The molecule has 1 N–H and O–H groups in total. The Bertz CT molecular complexity index is 582. The molecule has 0 bridgehead atoms. The van der Waals surface area contributed by atoms with Crippen LogP contribution in [0.15, 0.2) is 48.7 Å². The Hall–Kier alpha value is -1.87. The largest absolute Gasteiger partial charge is 0.360 e. The summed E-state index contributed by atoms with van der Waals surface area (Å²) < 4.78 is 0. The molecular weight excluding hydrogens is 258 g/mol. The second-order valence-corrected chi connectivity index (χ2v) is 5.70. The highest BCUT2D eigenvalue weighted by Gasteiger charge is 2.29. The highest BCUT2D eigenvalue weighted by Crippen LogP contribution is 2.31. The van der Waals surface area contributed by atoms with E-state index < -0.39 is 0 Å². The molecular formula is C18H23N3. The zero-order valence-corrected chi connectivity index (χ0v) is 12.8. The van der Waals surface area contributed by atoms with Gasteiger partial charge in [0.05, 0.1) is 17.4 Å². The van der Waals surface area contributed by atoms with Gasteiger partial charge in [0, 0.05) is 25.3 Å². The Labute approximate surface area is 127 Å². The van der Waals surface area contributed by atoms with Crippen molar-refractivity contribution in [2.24, 2.45) is 0 Å². The van der Waals surface area contributed by atoms with Gasteiger partial charge in [-0.15, -0.1) is 0 Å². The molecule has 3 heteroatoms. The fourth-order valence-corrected chi connectivity index (χ4v) is 3.11. The van der Waals surface area contributed by atoms with Crippen molar-refractivity contribution in [3.8, 4) is 0 Å². The van der Waals surface area contributed by atoms with Crippen molar-refractivity contribution in [2.75, 3.05) is 18.0 Å². The van der Waals surface area contributed by atoms with Gasteiger partial charge in [-0.25, -0.2) is 0 Å². The molecule has 0 radical (unpaired) electrons. The van der Waals surface area contributed by atoms with Crippen molar-refractivity contribution < 1.29 is 0 Å². The molecule has 0 amide bonds. The van der Waals surface area contributed by atoms with Crippen molar-refractivity contribution in [3.05, 3.63) is 59.9 Å². The van der Waals surface area contributed by atoms with Crippen molar-refractivity contribution in [2.45, 2.75) is 32.4 Å². The van der Waals surface area contributed by atoms with Crippen LogP contribution in [0, 0.1) is 6.92 Å². The van der Waals surface area contributed by atoms with Gasteiger partial charge in [-0.1, -0.05) is 37.3 Å². The Kier molecular flexibility index (Phi) is 4.20. The molecule has 1 aliphatic rings. The van der Waals surface area contributed by atoms with E-state index >= 15 is 0 Å². The third-order valence-corrected chi connectivity index (χ3v) is 4.36. The average molecular weight is 281 g/mol. The second-order valence-electron chi connectivity index (χ2n) is 5.70. The third kappa shape index (κ3) is 2.93. The number of benzene rings is 1. The lowest BCUT2D eigenvalue weighted by Gasteiger charge is -2.42. The smallest absolute Gasteiger partial charge is 0.0668 e. The van der Waals surface area contributed by atoms with Gasteiger partial charge in [-0.3, -0.25) is 4.98 Å². The molecule has 1 fully saturated rings. The normalized spacial score (nSPS) is 22.3. The molecule has 0 aliphatic carbocycles. The Balaban J connectivity index is 1.96. The van der Waals surface area contributed by atoms with Crippen LogP contribution in [0.4, 0.5) is 5.69 Å². The monoisotopic (exact) mass is 281 g/mol. The molecule has 21 heavy (non-hydrogen) atoms. The van der Waals surface area contributed by atoms with Crippen LogP contribution in [0.5, 0.6) is 0 Å². The van der Waals surface area contributed by atoms with Crippen molar-refractivity contribution in [3.63, 3.8) is 0 Å². The maximum Gasteiger partial charge on any atom is 0.0668 e. The molecule has 0 spiro atoms. The zero-order chi connectivity index (χ0) is 14.7. The SMILES string of the molecule is CCC1CN(c2cccnc2C)C(c2ccccc2)CN1. The molecule has 110 valence electrons. The lowest BCUT2D eigenvalue weighted by molar-refractivity contribution is 0.389. The molecule has 3 rings (SSSR count). The number of hydrogen-bond acceptors (Lipinski definition) is 3. The molecule has 1 saturated heterocycles. The fourth-order valence-electron chi connectivity index (χ4n) is 3.11. The molecule has 2 atom stereocenters. The van der Waals surface area contributed by atoms with Gasteiger partial charge in [-0.2, -0.15) is 0 Å². The first-order valence-electron chi connectivity index (χ1n) is 7.76. The van der Waals surface area contributed by atoms with Crippen LogP contribution in [-0.2, 0) is 0 Å². The van der Waals surface area contributed by atoms with E-state index in [1.54, 1.807) is 0 Å². The summed E-state index contributed by atoms with van der Waals surface area (Å²) >= 11 is 0. The van der Waals surface area contributed by atoms with Crippen LogP contribution in [-0.4, -0.2) is 24.1 Å². The summed E-state index contributed by atoms with van der Waals surface area (Å²) in [6.45, 7) is 6.36. The molecule has 2 unspecified atom stereocenters. The number of piperazine rings is 1. The first-order valence-corrected chi connectivity index (χ1v) is 7.76. The summed E-state index contributed by atoms with van der Waals surface area (Å²) in [6.07, 6.45) is 3.02. The number of aryl methyl sites for hydroxylation is 1. The minimum atomic E-state index is 0.372. The molecule has 1 aliphatic heterocycles. The van der Waals surface area contributed by atoms with Crippen LogP contribution >= 0.6 is 0 Å². The lowest BCUT2D eigenvalue weighted by Crippen LogP contribution is -2.52. The second kappa shape index (κ2) is 6.27. The third-order valence-electron chi connectivity index (χ3n) is 4.36. The highest BCUT2D eigenvalue weighted by molar-refractivity contribution is 5.53. The van der Waals surface area contributed by atoms with Gasteiger partial charge in [0.2, 0.25) is 0 Å². The zero-order valence-electron chi connectivity index (χ0n) is 12.8. The number of hydrogen-bond donors (Lipinski definition) is 1. The first-order chi connectivity index (χ1) is 10.3. The predicted octanol–water partition coefficient (Wildman–Crippen LogP) is 3.32. The minimum absolute atomic E-state index is 0.372. The summed E-state index contributed by atoms with van der Waals surface area (Å²) in [4.78, 5) is 6.99. The van der Waals surface area contributed by atoms with E-state index in [1.165, 1.54) is 11.3 Å². The van der Waals surface area contributed by atoms with Crippen LogP contribution in [0.25, 0.3) is 0 Å². The van der Waals surface area contributed by atoms with Crippen molar-refractivity contribution in [1.29, 1.82) is 0 Å². The van der Waals surface area contributed by atoms with Gasteiger partial charge in [0.15, 0.2) is 0 Å². The van der Waals surface area contributed by atoms with Crippen LogP contribution < -0.4 is 10.2 Å². The quantitative estimate of drug-likeness (QED) is 0.935. The fraction of sp³-hybridized carbons (Fsp3) is 0.389. The van der Waals surface area contributed by atoms with Crippen LogP contribution in [0.3, 0.4) is 0 Å². The van der Waals surface area contributed by atoms with Gasteiger partial charge >= 0.3 is 0 Å². The van der Waals surface area contributed by atoms with E-state index in [4.69, 9.17) is 0 Å². The van der Waals surface area contributed by atoms with Crippen LogP contribution in [0.2, 0.25) is 0 Å². The van der Waals surface area contributed by atoms with E-state index in [9.17, 15) is 0 Å². The van der Waals surface area contributed by atoms with Crippen LogP contribution in [0.1, 0.15) is 30.6 Å². The van der Waals surface area contributed by atoms with Gasteiger partial charge in [-0.05, 0) is 31.0 Å². The van der Waals surface area contributed by atoms with E-state index in [1.807, 2.05) is 12.3 Å². The topological polar surface area (TPSA) is 28.2 Å². The summed E-state index contributed by atoms with van der Waals surface area (Å²) in [5.74, 6) is 0. The molecule has 1 aromatic carbocycles. The number of aromatic nitrogens is 1. The summed E-state index contributed by atoms with van der Waals surface area (Å²) in [7, 11) is 0. The van der Waals surface area contributed by atoms with Gasteiger partial charge in [0.25, 0.3) is 0 Å².